The number of amides is 1. The lowest BCUT2D eigenvalue weighted by Gasteiger charge is -2.36. The number of likely N-dealkylation sites (tertiary alicyclic amines) is 1. The molecule has 1 fully saturated rings. The number of carbonyl (C=O) groups excluding carboxylic acids is 1. The number of rotatable bonds is 3. The first-order valence-corrected chi connectivity index (χ1v) is 8.53. The molecule has 24 heavy (non-hydrogen) atoms. The summed E-state index contributed by atoms with van der Waals surface area (Å²) in [7, 11) is 0. The molecule has 1 atom stereocenters. The standard InChI is InChI=1S/C18H25N5O/c1-18(2,3)17(24)23-6-4-5-13(12-23)7-15-10-20-16(11-19-15)14-8-21-22-9-14/h8-11,13H,4-7,12H2,1-3H3,(H,21,22). The SMILES string of the molecule is CC(C)(C)C(=O)N1CCCC(Cc2cnc(-c3cn[nH]c3)cn2)C1. The largest absolute Gasteiger partial charge is 0.342 e. The average molecular weight is 327 g/mol. The van der Waals surface area contributed by atoms with Crippen LogP contribution in [-0.2, 0) is 11.2 Å². The van der Waals surface area contributed by atoms with Crippen molar-refractivity contribution in [2.24, 2.45) is 11.3 Å². The van der Waals surface area contributed by atoms with Crippen LogP contribution in [0.3, 0.4) is 0 Å². The molecule has 2 aromatic rings. The summed E-state index contributed by atoms with van der Waals surface area (Å²) in [6.07, 6.45) is 10.2. The molecule has 6 heteroatoms. The Morgan fingerprint density at radius 3 is 2.75 bits per heavy atom. The second-order valence-corrected chi connectivity index (χ2v) is 7.59. The first kappa shape index (κ1) is 16.6. The maximum atomic E-state index is 12.5. The Bertz CT molecular complexity index is 672. The zero-order valence-electron chi connectivity index (χ0n) is 14.6. The Balaban J connectivity index is 1.62. The van der Waals surface area contributed by atoms with Gasteiger partial charge in [0.2, 0.25) is 5.91 Å². The predicted octanol–water partition coefficient (Wildman–Crippen LogP) is 2.69. The van der Waals surface area contributed by atoms with E-state index < -0.39 is 0 Å². The summed E-state index contributed by atoms with van der Waals surface area (Å²) in [5.74, 6) is 0.702. The molecule has 1 aliphatic heterocycles. The molecule has 2 aromatic heterocycles. The third-order valence-electron chi connectivity index (χ3n) is 4.44. The van der Waals surface area contributed by atoms with Gasteiger partial charge in [0.25, 0.3) is 0 Å². The minimum atomic E-state index is -0.312. The van der Waals surface area contributed by atoms with Crippen LogP contribution in [0.4, 0.5) is 0 Å². The molecule has 1 amide bonds. The van der Waals surface area contributed by atoms with Gasteiger partial charge in [0.1, 0.15) is 0 Å². The van der Waals surface area contributed by atoms with E-state index in [2.05, 4.69) is 20.2 Å². The lowest BCUT2D eigenvalue weighted by molar-refractivity contribution is -0.141. The normalized spacial score (nSPS) is 18.6. The molecular formula is C18H25N5O. The maximum absolute atomic E-state index is 12.5. The number of hydrogen-bond acceptors (Lipinski definition) is 4. The van der Waals surface area contributed by atoms with E-state index in [-0.39, 0.29) is 11.3 Å². The molecule has 1 aliphatic rings. The van der Waals surface area contributed by atoms with Gasteiger partial charge in [0.15, 0.2) is 0 Å². The smallest absolute Gasteiger partial charge is 0.227 e. The molecule has 0 aromatic carbocycles. The number of nitrogens with zero attached hydrogens (tertiary/aromatic N) is 4. The van der Waals surface area contributed by atoms with Gasteiger partial charge in [-0.2, -0.15) is 5.10 Å². The Morgan fingerprint density at radius 1 is 1.29 bits per heavy atom. The summed E-state index contributed by atoms with van der Waals surface area (Å²) in [6.45, 7) is 7.65. The fraction of sp³-hybridized carbons (Fsp3) is 0.556. The van der Waals surface area contributed by atoms with E-state index in [1.165, 1.54) is 0 Å². The summed E-state index contributed by atoms with van der Waals surface area (Å²) < 4.78 is 0. The Hall–Kier alpha value is -2.24. The quantitative estimate of drug-likeness (QED) is 0.940. The Morgan fingerprint density at radius 2 is 2.12 bits per heavy atom. The number of H-pyrrole nitrogens is 1. The van der Waals surface area contributed by atoms with Crippen molar-refractivity contribution in [2.75, 3.05) is 13.1 Å². The number of hydrogen-bond donors (Lipinski definition) is 1. The molecule has 6 nitrogen and oxygen atoms in total. The van der Waals surface area contributed by atoms with E-state index in [0.717, 1.165) is 49.3 Å². The highest BCUT2D eigenvalue weighted by molar-refractivity contribution is 5.81. The Labute approximate surface area is 142 Å². The zero-order chi connectivity index (χ0) is 17.2. The van der Waals surface area contributed by atoms with Crippen LogP contribution in [0, 0.1) is 11.3 Å². The molecule has 0 radical (unpaired) electrons. The molecule has 3 rings (SSSR count). The van der Waals surface area contributed by atoms with E-state index in [0.29, 0.717) is 5.92 Å². The molecule has 0 spiro atoms. The first-order chi connectivity index (χ1) is 11.4. The van der Waals surface area contributed by atoms with E-state index in [9.17, 15) is 4.79 Å². The van der Waals surface area contributed by atoms with Crippen molar-refractivity contribution in [2.45, 2.75) is 40.0 Å². The minimum absolute atomic E-state index is 0.244. The molecule has 1 saturated heterocycles. The van der Waals surface area contributed by atoms with E-state index >= 15 is 0 Å². The van der Waals surface area contributed by atoms with Gasteiger partial charge < -0.3 is 4.90 Å². The lowest BCUT2D eigenvalue weighted by Crippen LogP contribution is -2.45. The summed E-state index contributed by atoms with van der Waals surface area (Å²) in [5, 5.41) is 6.71. The van der Waals surface area contributed by atoms with Crippen LogP contribution in [0.5, 0.6) is 0 Å². The second kappa shape index (κ2) is 6.71. The predicted molar refractivity (Wildman–Crippen MR) is 92.1 cm³/mol. The fourth-order valence-corrected chi connectivity index (χ4v) is 3.19. The fourth-order valence-electron chi connectivity index (χ4n) is 3.19. The molecular weight excluding hydrogens is 302 g/mol. The molecule has 1 N–H and O–H groups in total. The van der Waals surface area contributed by atoms with Gasteiger partial charge in [-0.1, -0.05) is 20.8 Å². The number of aromatic nitrogens is 4. The molecule has 0 saturated carbocycles. The monoisotopic (exact) mass is 327 g/mol. The van der Waals surface area contributed by atoms with Gasteiger partial charge in [-0.15, -0.1) is 0 Å². The van der Waals surface area contributed by atoms with E-state index in [1.807, 2.05) is 31.9 Å². The van der Waals surface area contributed by atoms with Crippen LogP contribution < -0.4 is 0 Å². The van der Waals surface area contributed by atoms with Crippen LogP contribution >= 0.6 is 0 Å². The average Bonchev–Trinajstić information content (AvgIpc) is 3.09. The van der Waals surface area contributed by atoms with Gasteiger partial charge in [0, 0.05) is 36.5 Å². The van der Waals surface area contributed by atoms with E-state index in [4.69, 9.17) is 0 Å². The van der Waals surface area contributed by atoms with Crippen molar-refractivity contribution in [3.8, 4) is 11.3 Å². The minimum Gasteiger partial charge on any atom is -0.342 e. The number of nitrogens with one attached hydrogen (secondary N) is 1. The third kappa shape index (κ3) is 3.80. The highest BCUT2D eigenvalue weighted by Gasteiger charge is 2.31. The van der Waals surface area contributed by atoms with Gasteiger partial charge >= 0.3 is 0 Å². The van der Waals surface area contributed by atoms with Gasteiger partial charge in [-0.25, -0.2) is 0 Å². The van der Waals surface area contributed by atoms with E-state index in [1.54, 1.807) is 18.6 Å². The van der Waals surface area contributed by atoms with Crippen LogP contribution in [0.1, 0.15) is 39.3 Å². The molecule has 3 heterocycles. The van der Waals surface area contributed by atoms with Crippen molar-refractivity contribution in [3.63, 3.8) is 0 Å². The van der Waals surface area contributed by atoms with Crippen LogP contribution in [0.2, 0.25) is 0 Å². The molecule has 0 aliphatic carbocycles. The van der Waals surface area contributed by atoms with Crippen LogP contribution in [0.15, 0.2) is 24.8 Å². The van der Waals surface area contributed by atoms with Crippen LogP contribution in [-0.4, -0.2) is 44.1 Å². The van der Waals surface area contributed by atoms with Crippen molar-refractivity contribution in [1.29, 1.82) is 0 Å². The lowest BCUT2D eigenvalue weighted by atomic mass is 9.89. The van der Waals surface area contributed by atoms with Crippen molar-refractivity contribution >= 4 is 5.91 Å². The summed E-state index contributed by atoms with van der Waals surface area (Å²) >= 11 is 0. The number of piperidine rings is 1. The molecule has 128 valence electrons. The zero-order valence-corrected chi connectivity index (χ0v) is 14.6. The van der Waals surface area contributed by atoms with Gasteiger partial charge in [0.05, 0.1) is 23.8 Å². The highest BCUT2D eigenvalue weighted by atomic mass is 16.2. The van der Waals surface area contributed by atoms with Gasteiger partial charge in [-0.3, -0.25) is 19.9 Å². The maximum Gasteiger partial charge on any atom is 0.227 e. The van der Waals surface area contributed by atoms with Crippen molar-refractivity contribution in [3.05, 3.63) is 30.5 Å². The van der Waals surface area contributed by atoms with Gasteiger partial charge in [-0.05, 0) is 25.2 Å². The number of aromatic amines is 1. The molecule has 0 bridgehead atoms. The Kier molecular flexibility index (Phi) is 4.64. The third-order valence-corrected chi connectivity index (χ3v) is 4.44. The summed E-state index contributed by atoms with van der Waals surface area (Å²) in [4.78, 5) is 23.5. The first-order valence-electron chi connectivity index (χ1n) is 8.53. The van der Waals surface area contributed by atoms with Crippen molar-refractivity contribution in [1.82, 2.24) is 25.1 Å². The van der Waals surface area contributed by atoms with Crippen molar-refractivity contribution < 1.29 is 4.79 Å². The highest BCUT2D eigenvalue weighted by Crippen LogP contribution is 2.25. The topological polar surface area (TPSA) is 74.8 Å². The second-order valence-electron chi connectivity index (χ2n) is 7.59. The number of carbonyl (C=O) groups is 1. The summed E-state index contributed by atoms with van der Waals surface area (Å²) in [6, 6.07) is 0. The molecule has 1 unspecified atom stereocenters. The summed E-state index contributed by atoms with van der Waals surface area (Å²) in [5.41, 5.74) is 2.43. The van der Waals surface area contributed by atoms with Crippen LogP contribution in [0.25, 0.3) is 11.3 Å².